The molecule has 0 saturated heterocycles. The van der Waals surface area contributed by atoms with Gasteiger partial charge in [-0.15, -0.1) is 0 Å². The third kappa shape index (κ3) is 6.90. The van der Waals surface area contributed by atoms with Gasteiger partial charge in [0, 0.05) is 5.69 Å². The van der Waals surface area contributed by atoms with Gasteiger partial charge in [0.25, 0.3) is 0 Å². The van der Waals surface area contributed by atoms with E-state index in [9.17, 15) is 9.59 Å². The molecule has 0 saturated carbocycles. The molecule has 0 spiro atoms. The third-order valence-corrected chi connectivity index (χ3v) is 3.19. The van der Waals surface area contributed by atoms with Crippen molar-refractivity contribution in [1.29, 1.82) is 0 Å². The molecule has 0 radical (unpaired) electrons. The molecule has 0 unspecified atom stereocenters. The number of unbranched alkanes of at least 4 members (excludes halogenated alkanes) is 1. The van der Waals surface area contributed by atoms with Crippen LogP contribution in [0.25, 0.3) is 0 Å². The zero-order chi connectivity index (χ0) is 15.7. The lowest BCUT2D eigenvalue weighted by Crippen LogP contribution is -2.39. The number of nitrogens with one attached hydrogen (secondary N) is 1. The van der Waals surface area contributed by atoms with Crippen molar-refractivity contribution in [2.75, 3.05) is 25.0 Å². The van der Waals surface area contributed by atoms with Gasteiger partial charge in [0.2, 0.25) is 11.8 Å². The molecule has 0 aliphatic carbocycles. The first-order valence-electron chi connectivity index (χ1n) is 7.44. The predicted molar refractivity (Wildman–Crippen MR) is 85.0 cm³/mol. The van der Waals surface area contributed by atoms with Crippen molar-refractivity contribution in [2.24, 2.45) is 5.73 Å². The Morgan fingerprint density at radius 2 is 2.00 bits per heavy atom. The lowest BCUT2D eigenvalue weighted by molar-refractivity contribution is -0.121. The first-order chi connectivity index (χ1) is 10.0. The maximum absolute atomic E-state index is 12.1. The van der Waals surface area contributed by atoms with Crippen LogP contribution in [0.4, 0.5) is 5.69 Å². The van der Waals surface area contributed by atoms with Crippen LogP contribution in [0.5, 0.6) is 0 Å². The number of hydrogen-bond donors (Lipinski definition) is 2. The van der Waals surface area contributed by atoms with Gasteiger partial charge in [0.15, 0.2) is 0 Å². The van der Waals surface area contributed by atoms with Crippen molar-refractivity contribution in [3.05, 3.63) is 29.8 Å². The van der Waals surface area contributed by atoms with Gasteiger partial charge in [-0.1, -0.05) is 32.4 Å². The highest BCUT2D eigenvalue weighted by molar-refractivity contribution is 5.92. The lowest BCUT2D eigenvalue weighted by atomic mass is 10.1. The number of nitrogens with zero attached hydrogens (tertiary/aromatic N) is 1. The number of amides is 2. The van der Waals surface area contributed by atoms with Crippen LogP contribution in [-0.2, 0) is 16.0 Å². The second-order valence-electron chi connectivity index (χ2n) is 5.13. The highest BCUT2D eigenvalue weighted by Crippen LogP contribution is 2.11. The SMILES string of the molecule is CCCCN(CC(N)=O)CC(=O)Nc1cccc(CC)c1. The Kier molecular flexibility index (Phi) is 7.46. The Labute approximate surface area is 126 Å². The molecule has 116 valence electrons. The van der Waals surface area contributed by atoms with Crippen LogP contribution in [0.2, 0.25) is 0 Å². The Hall–Kier alpha value is -1.88. The van der Waals surface area contributed by atoms with Gasteiger partial charge in [-0.05, 0) is 37.1 Å². The molecule has 0 aliphatic rings. The second-order valence-corrected chi connectivity index (χ2v) is 5.13. The van der Waals surface area contributed by atoms with Crippen LogP contribution in [0, 0.1) is 0 Å². The number of hydrogen-bond acceptors (Lipinski definition) is 3. The van der Waals surface area contributed by atoms with E-state index in [1.54, 1.807) is 4.90 Å². The molecule has 0 heterocycles. The van der Waals surface area contributed by atoms with E-state index >= 15 is 0 Å². The zero-order valence-electron chi connectivity index (χ0n) is 12.9. The van der Waals surface area contributed by atoms with E-state index in [-0.39, 0.29) is 19.0 Å². The fourth-order valence-corrected chi connectivity index (χ4v) is 2.09. The molecule has 0 bridgehead atoms. The smallest absolute Gasteiger partial charge is 0.238 e. The van der Waals surface area contributed by atoms with Gasteiger partial charge >= 0.3 is 0 Å². The van der Waals surface area contributed by atoms with Crippen LogP contribution in [-0.4, -0.2) is 36.3 Å². The molecule has 0 atom stereocenters. The summed E-state index contributed by atoms with van der Waals surface area (Å²) < 4.78 is 0. The van der Waals surface area contributed by atoms with E-state index in [1.807, 2.05) is 24.3 Å². The highest BCUT2D eigenvalue weighted by Gasteiger charge is 2.12. The number of carbonyl (C=O) groups excluding carboxylic acids is 2. The first-order valence-corrected chi connectivity index (χ1v) is 7.44. The van der Waals surface area contributed by atoms with Gasteiger partial charge in [0.1, 0.15) is 0 Å². The van der Waals surface area contributed by atoms with Crippen molar-refractivity contribution in [2.45, 2.75) is 33.1 Å². The molecule has 1 aromatic rings. The maximum atomic E-state index is 12.1. The first kappa shape index (κ1) is 17.2. The zero-order valence-corrected chi connectivity index (χ0v) is 12.9. The van der Waals surface area contributed by atoms with E-state index < -0.39 is 5.91 Å². The van der Waals surface area contributed by atoms with Crippen molar-refractivity contribution < 1.29 is 9.59 Å². The lowest BCUT2D eigenvalue weighted by Gasteiger charge is -2.19. The summed E-state index contributed by atoms with van der Waals surface area (Å²) in [6.45, 7) is 5.13. The molecular weight excluding hydrogens is 266 g/mol. The van der Waals surface area contributed by atoms with Gasteiger partial charge in [-0.3, -0.25) is 14.5 Å². The molecule has 5 heteroatoms. The predicted octanol–water partition coefficient (Wildman–Crippen LogP) is 1.77. The average Bonchev–Trinajstić information content (AvgIpc) is 2.44. The number of carbonyl (C=O) groups is 2. The van der Waals surface area contributed by atoms with Gasteiger partial charge in [-0.2, -0.15) is 0 Å². The molecule has 1 aromatic carbocycles. The molecule has 5 nitrogen and oxygen atoms in total. The van der Waals surface area contributed by atoms with Crippen LogP contribution in [0.15, 0.2) is 24.3 Å². The van der Waals surface area contributed by atoms with Gasteiger partial charge < -0.3 is 11.1 Å². The number of primary amides is 1. The van der Waals surface area contributed by atoms with Gasteiger partial charge in [-0.25, -0.2) is 0 Å². The number of benzene rings is 1. The maximum Gasteiger partial charge on any atom is 0.238 e. The minimum Gasteiger partial charge on any atom is -0.369 e. The largest absolute Gasteiger partial charge is 0.369 e. The Morgan fingerprint density at radius 1 is 1.24 bits per heavy atom. The van der Waals surface area contributed by atoms with Crippen LogP contribution in [0.3, 0.4) is 0 Å². The van der Waals surface area contributed by atoms with E-state index in [4.69, 9.17) is 5.73 Å². The van der Waals surface area contributed by atoms with E-state index in [0.717, 1.165) is 24.9 Å². The standard InChI is InChI=1S/C16H25N3O2/c1-3-5-9-19(11-15(17)20)12-16(21)18-14-8-6-7-13(4-2)10-14/h6-8,10H,3-5,9,11-12H2,1-2H3,(H2,17,20)(H,18,21). The summed E-state index contributed by atoms with van der Waals surface area (Å²) in [5, 5.41) is 2.86. The second kappa shape index (κ2) is 9.13. The van der Waals surface area contributed by atoms with Gasteiger partial charge in [0.05, 0.1) is 13.1 Å². The van der Waals surface area contributed by atoms with E-state index in [0.29, 0.717) is 6.54 Å². The summed E-state index contributed by atoms with van der Waals surface area (Å²) in [5.74, 6) is -0.535. The number of nitrogens with two attached hydrogens (primary N) is 1. The quantitative estimate of drug-likeness (QED) is 0.728. The number of aryl methyl sites for hydroxylation is 1. The summed E-state index contributed by atoms with van der Waals surface area (Å²) in [6, 6.07) is 7.77. The number of anilines is 1. The van der Waals surface area contributed by atoms with Crippen molar-refractivity contribution >= 4 is 17.5 Å². The highest BCUT2D eigenvalue weighted by atomic mass is 16.2. The third-order valence-electron chi connectivity index (χ3n) is 3.19. The molecule has 0 aliphatic heterocycles. The summed E-state index contributed by atoms with van der Waals surface area (Å²) in [5.41, 5.74) is 7.18. The normalized spacial score (nSPS) is 10.6. The van der Waals surface area contributed by atoms with E-state index in [2.05, 4.69) is 19.2 Å². The minimum atomic E-state index is -0.410. The summed E-state index contributed by atoms with van der Waals surface area (Å²) in [7, 11) is 0. The van der Waals surface area contributed by atoms with E-state index in [1.165, 1.54) is 5.56 Å². The average molecular weight is 291 g/mol. The molecule has 3 N–H and O–H groups in total. The molecule has 0 aromatic heterocycles. The molecule has 2 amide bonds. The van der Waals surface area contributed by atoms with Crippen molar-refractivity contribution in [1.82, 2.24) is 4.90 Å². The topological polar surface area (TPSA) is 75.4 Å². The molecule has 0 fully saturated rings. The summed E-state index contributed by atoms with van der Waals surface area (Å²) in [4.78, 5) is 24.9. The Bertz CT molecular complexity index is 474. The summed E-state index contributed by atoms with van der Waals surface area (Å²) >= 11 is 0. The fourth-order valence-electron chi connectivity index (χ4n) is 2.09. The molecular formula is C16H25N3O2. The van der Waals surface area contributed by atoms with Crippen LogP contribution >= 0.6 is 0 Å². The van der Waals surface area contributed by atoms with Crippen molar-refractivity contribution in [3.8, 4) is 0 Å². The summed E-state index contributed by atoms with van der Waals surface area (Å²) in [6.07, 6.45) is 2.87. The fraction of sp³-hybridized carbons (Fsp3) is 0.500. The minimum absolute atomic E-state index is 0.114. The van der Waals surface area contributed by atoms with Crippen LogP contribution < -0.4 is 11.1 Å². The monoisotopic (exact) mass is 291 g/mol. The van der Waals surface area contributed by atoms with Crippen LogP contribution in [0.1, 0.15) is 32.3 Å². The molecule has 1 rings (SSSR count). The number of rotatable bonds is 9. The molecule has 21 heavy (non-hydrogen) atoms. The Balaban J connectivity index is 2.57. The Morgan fingerprint density at radius 3 is 2.62 bits per heavy atom. The van der Waals surface area contributed by atoms with Crippen molar-refractivity contribution in [3.63, 3.8) is 0 Å².